The van der Waals surface area contributed by atoms with Crippen LogP contribution in [0.4, 0.5) is 16.3 Å². The predicted octanol–water partition coefficient (Wildman–Crippen LogP) is 5.13. The number of methoxy groups -OCH3 is 1. The quantitative estimate of drug-likeness (QED) is 0.436. The number of piperidine rings is 1. The number of benzene rings is 2. The molecular formula is C28H28ClN5O3. The molecule has 2 aliphatic heterocycles. The van der Waals surface area contributed by atoms with Gasteiger partial charge in [-0.3, -0.25) is 9.69 Å². The van der Waals surface area contributed by atoms with Gasteiger partial charge in [0.05, 0.1) is 18.9 Å². The molecule has 0 bridgehead atoms. The highest BCUT2D eigenvalue weighted by Gasteiger charge is 2.41. The summed E-state index contributed by atoms with van der Waals surface area (Å²) in [5.41, 5.74) is 2.36. The van der Waals surface area contributed by atoms with Crippen molar-refractivity contribution in [2.75, 3.05) is 37.0 Å². The standard InChI is InChI=1S/C28H28ClN5O3/c1-32-25(18-35)34(23-17-30-26(31-27(23)32)22-5-3-4-6-24(22)37-2)28(36)33-15-13-20(14-16-33)8-7-19-9-11-21(29)12-10-19/h3-12,17-18,20,25H,13-16H2,1-2H3/b8-7+. The summed E-state index contributed by atoms with van der Waals surface area (Å²) < 4.78 is 5.45. The van der Waals surface area contributed by atoms with Crippen LogP contribution in [0.1, 0.15) is 18.4 Å². The largest absolute Gasteiger partial charge is 0.496 e. The van der Waals surface area contributed by atoms with Crippen LogP contribution < -0.4 is 14.5 Å². The summed E-state index contributed by atoms with van der Waals surface area (Å²) >= 11 is 5.97. The molecular weight excluding hydrogens is 490 g/mol. The second-order valence-electron chi connectivity index (χ2n) is 9.15. The van der Waals surface area contributed by atoms with Gasteiger partial charge in [0.2, 0.25) is 0 Å². The summed E-state index contributed by atoms with van der Waals surface area (Å²) in [5.74, 6) is 2.02. The molecule has 0 spiro atoms. The van der Waals surface area contributed by atoms with E-state index in [9.17, 15) is 9.59 Å². The fourth-order valence-electron chi connectivity index (χ4n) is 4.82. The number of para-hydroxylation sites is 1. The lowest BCUT2D eigenvalue weighted by Crippen LogP contribution is -2.53. The van der Waals surface area contributed by atoms with Crippen molar-refractivity contribution in [1.82, 2.24) is 14.9 Å². The fourth-order valence-corrected chi connectivity index (χ4v) is 4.95. The van der Waals surface area contributed by atoms with Crippen molar-refractivity contribution in [1.29, 1.82) is 0 Å². The van der Waals surface area contributed by atoms with Gasteiger partial charge in [0, 0.05) is 25.2 Å². The Labute approximate surface area is 221 Å². The number of ether oxygens (including phenoxy) is 1. The van der Waals surface area contributed by atoms with Crippen LogP contribution in [0.2, 0.25) is 5.02 Å². The summed E-state index contributed by atoms with van der Waals surface area (Å²) in [5, 5.41) is 0.716. The molecule has 0 aliphatic carbocycles. The van der Waals surface area contributed by atoms with Gasteiger partial charge >= 0.3 is 6.03 Å². The van der Waals surface area contributed by atoms with Crippen LogP contribution in [0.15, 0.2) is 60.8 Å². The van der Waals surface area contributed by atoms with E-state index in [-0.39, 0.29) is 6.03 Å². The van der Waals surface area contributed by atoms with Gasteiger partial charge in [-0.05, 0) is 48.6 Å². The first-order valence-corrected chi connectivity index (χ1v) is 12.6. The van der Waals surface area contributed by atoms with E-state index in [1.165, 1.54) is 4.90 Å². The number of likely N-dealkylation sites (N-methyl/N-ethyl adjacent to an activating group) is 1. The zero-order valence-electron chi connectivity index (χ0n) is 20.8. The van der Waals surface area contributed by atoms with Crippen molar-refractivity contribution >= 4 is 41.5 Å². The highest BCUT2D eigenvalue weighted by atomic mass is 35.5. The Morgan fingerprint density at radius 1 is 1.11 bits per heavy atom. The zero-order valence-corrected chi connectivity index (χ0v) is 21.5. The Morgan fingerprint density at radius 3 is 2.54 bits per heavy atom. The van der Waals surface area contributed by atoms with E-state index in [4.69, 9.17) is 21.3 Å². The number of rotatable bonds is 5. The van der Waals surface area contributed by atoms with Crippen LogP contribution in [-0.2, 0) is 4.79 Å². The Balaban J connectivity index is 1.32. The molecule has 37 heavy (non-hydrogen) atoms. The average Bonchev–Trinajstić information content (AvgIpc) is 3.23. The number of amides is 2. The maximum absolute atomic E-state index is 13.6. The Morgan fingerprint density at radius 2 is 1.84 bits per heavy atom. The number of anilines is 2. The lowest BCUT2D eigenvalue weighted by atomic mass is 9.96. The van der Waals surface area contributed by atoms with Crippen molar-refractivity contribution in [2.24, 2.45) is 5.92 Å². The summed E-state index contributed by atoms with van der Waals surface area (Å²) in [6.45, 7) is 1.21. The molecule has 0 saturated carbocycles. The van der Waals surface area contributed by atoms with Crippen molar-refractivity contribution in [2.45, 2.75) is 19.0 Å². The van der Waals surface area contributed by atoms with Gasteiger partial charge in [-0.1, -0.05) is 48.0 Å². The molecule has 1 saturated heterocycles. The molecule has 0 radical (unpaired) electrons. The van der Waals surface area contributed by atoms with Crippen molar-refractivity contribution in [3.8, 4) is 17.1 Å². The summed E-state index contributed by atoms with van der Waals surface area (Å²) in [6, 6.07) is 15.0. The smallest absolute Gasteiger partial charge is 0.326 e. The first-order valence-electron chi connectivity index (χ1n) is 12.2. The third-order valence-corrected chi connectivity index (χ3v) is 7.17. The number of aromatic nitrogens is 2. The number of hydrogen-bond donors (Lipinski definition) is 0. The second-order valence-corrected chi connectivity index (χ2v) is 9.59. The van der Waals surface area contributed by atoms with Gasteiger partial charge < -0.3 is 14.5 Å². The monoisotopic (exact) mass is 517 g/mol. The average molecular weight is 518 g/mol. The number of fused-ring (bicyclic) bond motifs is 1. The topological polar surface area (TPSA) is 78.9 Å². The van der Waals surface area contributed by atoms with E-state index in [0.29, 0.717) is 47.1 Å². The fraction of sp³-hybridized carbons (Fsp3) is 0.286. The molecule has 1 atom stereocenters. The summed E-state index contributed by atoms with van der Waals surface area (Å²) in [4.78, 5) is 39.9. The van der Waals surface area contributed by atoms with Gasteiger partial charge in [-0.25, -0.2) is 14.8 Å². The highest BCUT2D eigenvalue weighted by Crippen LogP contribution is 2.39. The third-order valence-electron chi connectivity index (χ3n) is 6.92. The van der Waals surface area contributed by atoms with Gasteiger partial charge in [0.15, 0.2) is 24.1 Å². The van der Waals surface area contributed by atoms with Crippen molar-refractivity contribution in [3.05, 3.63) is 71.4 Å². The minimum Gasteiger partial charge on any atom is -0.496 e. The highest BCUT2D eigenvalue weighted by molar-refractivity contribution is 6.30. The predicted molar refractivity (Wildman–Crippen MR) is 145 cm³/mol. The number of nitrogens with zero attached hydrogens (tertiary/aromatic N) is 5. The maximum Gasteiger partial charge on any atom is 0.326 e. The van der Waals surface area contributed by atoms with Gasteiger partial charge in [-0.2, -0.15) is 0 Å². The SMILES string of the molecule is COc1ccccc1-c1ncc2c(n1)N(C)C(C=O)N2C(=O)N1CCC(/C=C/c2ccc(Cl)cc2)CC1. The number of aldehydes is 1. The molecule has 2 amide bonds. The lowest BCUT2D eigenvalue weighted by Gasteiger charge is -2.35. The Bertz CT molecular complexity index is 1320. The van der Waals surface area contributed by atoms with Gasteiger partial charge in [0.1, 0.15) is 11.4 Å². The minimum absolute atomic E-state index is 0.212. The normalized spacial score (nSPS) is 17.8. The van der Waals surface area contributed by atoms with Crippen LogP contribution >= 0.6 is 11.6 Å². The molecule has 0 N–H and O–H groups in total. The molecule has 3 aromatic rings. The molecule has 3 heterocycles. The molecule has 1 fully saturated rings. The summed E-state index contributed by atoms with van der Waals surface area (Å²) in [7, 11) is 3.36. The number of carbonyl (C=O) groups is 2. The molecule has 8 nitrogen and oxygen atoms in total. The van der Waals surface area contributed by atoms with E-state index in [2.05, 4.69) is 17.1 Å². The second kappa shape index (κ2) is 10.6. The van der Waals surface area contributed by atoms with E-state index in [1.54, 1.807) is 30.2 Å². The van der Waals surface area contributed by atoms with E-state index >= 15 is 0 Å². The molecule has 190 valence electrons. The van der Waals surface area contributed by atoms with Crippen LogP contribution in [0.25, 0.3) is 17.5 Å². The number of hydrogen-bond acceptors (Lipinski definition) is 6. The van der Waals surface area contributed by atoms with Crippen LogP contribution in [0, 0.1) is 5.92 Å². The number of urea groups is 1. The van der Waals surface area contributed by atoms with E-state index < -0.39 is 6.17 Å². The molecule has 2 aromatic carbocycles. The van der Waals surface area contributed by atoms with Crippen LogP contribution in [-0.4, -0.2) is 60.6 Å². The first-order chi connectivity index (χ1) is 18.0. The van der Waals surface area contributed by atoms with E-state index in [0.717, 1.165) is 30.3 Å². The minimum atomic E-state index is -0.785. The third kappa shape index (κ3) is 4.89. The van der Waals surface area contributed by atoms with Gasteiger partial charge in [0.25, 0.3) is 0 Å². The molecule has 1 unspecified atom stereocenters. The zero-order chi connectivity index (χ0) is 25.9. The van der Waals surface area contributed by atoms with Crippen molar-refractivity contribution in [3.63, 3.8) is 0 Å². The lowest BCUT2D eigenvalue weighted by molar-refractivity contribution is -0.108. The van der Waals surface area contributed by atoms with Crippen LogP contribution in [0.5, 0.6) is 5.75 Å². The first kappa shape index (κ1) is 24.8. The summed E-state index contributed by atoms with van der Waals surface area (Å²) in [6.07, 6.45) is 7.59. The number of halogens is 1. The molecule has 1 aromatic heterocycles. The van der Waals surface area contributed by atoms with Gasteiger partial charge in [-0.15, -0.1) is 0 Å². The number of allylic oxidation sites excluding steroid dienone is 1. The Hall–Kier alpha value is -3.91. The number of carbonyl (C=O) groups excluding carboxylic acids is 2. The molecule has 5 rings (SSSR count). The number of likely N-dealkylation sites (tertiary alicyclic amines) is 1. The van der Waals surface area contributed by atoms with E-state index in [1.807, 2.05) is 48.5 Å². The molecule has 9 heteroatoms. The molecule has 2 aliphatic rings. The van der Waals surface area contributed by atoms with Crippen molar-refractivity contribution < 1.29 is 14.3 Å². The Kier molecular flexibility index (Phi) is 7.10. The van der Waals surface area contributed by atoms with Crippen LogP contribution in [0.3, 0.4) is 0 Å². The maximum atomic E-state index is 13.6.